The fourth-order valence-electron chi connectivity index (χ4n) is 0.391. The first-order valence-corrected chi connectivity index (χ1v) is 9.20. The van der Waals surface area contributed by atoms with Crippen molar-refractivity contribution in [3.05, 3.63) is 50.6 Å². The van der Waals surface area contributed by atoms with Crippen molar-refractivity contribution in [3.63, 3.8) is 0 Å². The molecule has 4 N–H and O–H groups in total. The van der Waals surface area contributed by atoms with E-state index in [0.29, 0.717) is 0 Å². The van der Waals surface area contributed by atoms with Crippen molar-refractivity contribution >= 4 is 0 Å². The number of allylic oxidation sites excluding steroid dienone is 4. The van der Waals surface area contributed by atoms with Crippen molar-refractivity contribution in [2.75, 3.05) is 39.6 Å². The Bertz CT molecular complexity index is 159. The summed E-state index contributed by atoms with van der Waals surface area (Å²) in [6.45, 7) is 26.6. The van der Waals surface area contributed by atoms with Crippen molar-refractivity contribution in [2.45, 2.75) is 54.4 Å². The fourth-order valence-corrected chi connectivity index (χ4v) is 0.391. The minimum absolute atomic E-state index is 0.125. The first kappa shape index (κ1) is 44.9. The van der Waals surface area contributed by atoms with Gasteiger partial charge < -0.3 is 25.2 Å². The third-order valence-corrected chi connectivity index (χ3v) is 0.897. The second kappa shape index (κ2) is 101. The molecule has 0 radical (unpaired) electrons. The van der Waals surface area contributed by atoms with E-state index in [1.165, 1.54) is 0 Å². The molecule has 0 rings (SSSR count). The molecule has 0 atom stereocenters. The Morgan fingerprint density at radius 3 is 0.778 bits per heavy atom. The zero-order valence-corrected chi connectivity index (χ0v) is 19.0. The summed E-state index contributed by atoms with van der Waals surface area (Å²) in [5.41, 5.74) is 0. The van der Waals surface area contributed by atoms with Gasteiger partial charge in [0.1, 0.15) is 0 Å². The molecule has 0 heterocycles. The largest absolute Gasteiger partial charge is 0.394 e. The van der Waals surface area contributed by atoms with Crippen LogP contribution < -0.4 is 0 Å². The molecule has 0 saturated heterocycles. The summed E-state index contributed by atoms with van der Waals surface area (Å²) in [6, 6.07) is 0. The van der Waals surface area contributed by atoms with Crippen molar-refractivity contribution in [1.82, 2.24) is 0 Å². The highest BCUT2D eigenvalue weighted by Crippen LogP contribution is 1.81. The average molecular weight is 395 g/mol. The Hall–Kier alpha value is -1.24. The Morgan fingerprint density at radius 1 is 0.556 bits per heavy atom. The molecular weight excluding hydrogens is 344 g/mol. The topological polar surface area (TPSA) is 90.2 Å². The summed E-state index contributed by atoms with van der Waals surface area (Å²) in [5.74, 6) is 0. The highest BCUT2D eigenvalue weighted by Gasteiger charge is 1.77. The second-order valence-corrected chi connectivity index (χ2v) is 4.14. The van der Waals surface area contributed by atoms with Gasteiger partial charge in [-0.15, -0.1) is 26.3 Å². The van der Waals surface area contributed by atoms with Crippen molar-refractivity contribution in [2.24, 2.45) is 0 Å². The Morgan fingerprint density at radius 2 is 0.704 bits per heavy atom. The van der Waals surface area contributed by atoms with Crippen molar-refractivity contribution in [1.29, 1.82) is 0 Å². The molecule has 0 aliphatic heterocycles. The lowest BCUT2D eigenvalue weighted by Crippen LogP contribution is -1.92. The van der Waals surface area contributed by atoms with Gasteiger partial charge in [0.15, 0.2) is 0 Å². The first-order chi connectivity index (χ1) is 12.9. The number of aliphatic hydroxyl groups is 4. The molecule has 0 unspecified atom stereocenters. The molecule has 0 aliphatic rings. The summed E-state index contributed by atoms with van der Waals surface area (Å²) in [6.07, 6.45) is 9.28. The van der Waals surface area contributed by atoms with E-state index in [0.717, 1.165) is 26.1 Å². The van der Waals surface area contributed by atoms with E-state index < -0.39 is 0 Å². The van der Waals surface area contributed by atoms with Gasteiger partial charge in [0.2, 0.25) is 0 Å². The first-order valence-electron chi connectivity index (χ1n) is 9.20. The van der Waals surface area contributed by atoms with Gasteiger partial charge in [-0.05, 0) is 40.5 Å². The van der Waals surface area contributed by atoms with Crippen LogP contribution in [-0.2, 0) is 4.74 Å². The maximum absolute atomic E-state index is 7.62. The van der Waals surface area contributed by atoms with Gasteiger partial charge in [0.25, 0.3) is 0 Å². The summed E-state index contributed by atoms with van der Waals surface area (Å²) in [4.78, 5) is 0. The van der Waals surface area contributed by atoms with E-state index in [4.69, 9.17) is 25.2 Å². The molecule has 0 amide bonds. The minimum Gasteiger partial charge on any atom is -0.394 e. The minimum atomic E-state index is -0.125. The van der Waals surface area contributed by atoms with Crippen molar-refractivity contribution in [3.8, 4) is 0 Å². The van der Waals surface area contributed by atoms with Gasteiger partial charge in [-0.3, -0.25) is 0 Å². The number of hydrogen-bond donors (Lipinski definition) is 4. The summed E-state index contributed by atoms with van der Waals surface area (Å²) < 4.78 is 5.13. The third kappa shape index (κ3) is 566. The zero-order chi connectivity index (χ0) is 23.2. The van der Waals surface area contributed by atoms with Gasteiger partial charge in [0.05, 0.1) is 26.4 Å². The lowest BCUT2D eigenvalue weighted by atomic mass is 10.5. The molecule has 0 spiro atoms. The summed E-state index contributed by atoms with van der Waals surface area (Å²) in [7, 11) is 0. The van der Waals surface area contributed by atoms with E-state index >= 15 is 0 Å². The smallest absolute Gasteiger partial charge is 0.0662 e. The average Bonchev–Trinajstić information content (AvgIpc) is 2.65. The van der Waals surface area contributed by atoms with Crippen LogP contribution in [0.4, 0.5) is 0 Å². The van der Waals surface area contributed by atoms with E-state index in [2.05, 4.69) is 40.2 Å². The Labute approximate surface area is 170 Å². The molecule has 168 valence electrons. The van der Waals surface area contributed by atoms with Gasteiger partial charge in [0, 0.05) is 13.2 Å². The molecule has 5 heteroatoms. The van der Waals surface area contributed by atoms with Gasteiger partial charge >= 0.3 is 0 Å². The van der Waals surface area contributed by atoms with Crippen molar-refractivity contribution < 1.29 is 25.2 Å². The van der Waals surface area contributed by atoms with Gasteiger partial charge in [-0.25, -0.2) is 0 Å². The highest BCUT2D eigenvalue weighted by atomic mass is 16.5. The molecule has 0 aliphatic carbocycles. The van der Waals surface area contributed by atoms with Crippen LogP contribution in [0.25, 0.3) is 0 Å². The number of aliphatic hydroxyl groups excluding tert-OH is 4. The Balaban J connectivity index is -0.0000000358. The fraction of sp³-hybridized carbons (Fsp3) is 0.636. The van der Waals surface area contributed by atoms with Crippen LogP contribution in [0.1, 0.15) is 54.4 Å². The van der Waals surface area contributed by atoms with E-state index in [1.807, 2.05) is 27.7 Å². The Kier molecular flexibility index (Phi) is 168. The number of rotatable bonds is 6. The van der Waals surface area contributed by atoms with Crippen LogP contribution in [0.3, 0.4) is 0 Å². The lowest BCUT2D eigenvalue weighted by molar-refractivity contribution is 0.135. The summed E-state index contributed by atoms with van der Waals surface area (Å²) >= 11 is 0. The molecule has 0 fully saturated rings. The SMILES string of the molecule is C=CC.C=CC.C=CC.C=CC.CCCOCCC.OCCO.OCCO. The van der Waals surface area contributed by atoms with Crippen LogP contribution >= 0.6 is 0 Å². The highest BCUT2D eigenvalue weighted by molar-refractivity contribution is 4.52. The van der Waals surface area contributed by atoms with Crippen LogP contribution in [-0.4, -0.2) is 60.1 Å². The van der Waals surface area contributed by atoms with Gasteiger partial charge in [-0.1, -0.05) is 38.2 Å². The molecule has 0 aromatic rings. The maximum Gasteiger partial charge on any atom is 0.0662 e. The standard InChI is InChI=1S/C6H14O.4C3H6.2C2H6O2/c1-3-5-7-6-4-2;4*1-3-2;2*3-1-2-4/h3-6H2,1-2H3;4*3H,1H2,2H3;2*3-4H,1-2H2. The normalized spacial score (nSPS) is 6.59. The van der Waals surface area contributed by atoms with Crippen LogP contribution in [0.2, 0.25) is 0 Å². The molecular formula is C22H50O5. The van der Waals surface area contributed by atoms with E-state index in [1.54, 1.807) is 24.3 Å². The number of hydrogen-bond acceptors (Lipinski definition) is 5. The molecule has 27 heavy (non-hydrogen) atoms. The molecule has 0 bridgehead atoms. The maximum atomic E-state index is 7.62. The van der Waals surface area contributed by atoms with Crippen LogP contribution in [0.15, 0.2) is 50.6 Å². The lowest BCUT2D eigenvalue weighted by Gasteiger charge is -1.95. The van der Waals surface area contributed by atoms with E-state index in [9.17, 15) is 0 Å². The predicted molar refractivity (Wildman–Crippen MR) is 123 cm³/mol. The second-order valence-electron chi connectivity index (χ2n) is 4.14. The van der Waals surface area contributed by atoms with Crippen LogP contribution in [0, 0.1) is 0 Å². The zero-order valence-electron chi connectivity index (χ0n) is 19.0. The summed E-state index contributed by atoms with van der Waals surface area (Å²) in [5, 5.41) is 30.5. The van der Waals surface area contributed by atoms with Gasteiger partial charge in [-0.2, -0.15) is 0 Å². The molecule has 0 saturated carbocycles. The third-order valence-electron chi connectivity index (χ3n) is 0.897. The van der Waals surface area contributed by atoms with E-state index in [-0.39, 0.29) is 26.4 Å². The number of ether oxygens (including phenoxy) is 1. The quantitative estimate of drug-likeness (QED) is 0.392. The molecule has 0 aromatic carbocycles. The predicted octanol–water partition coefficient (Wildman–Crippen LogP) is 4.53. The monoisotopic (exact) mass is 394 g/mol. The van der Waals surface area contributed by atoms with Crippen LogP contribution in [0.5, 0.6) is 0 Å². The molecule has 0 aromatic heterocycles. The molecule has 5 nitrogen and oxygen atoms in total.